The number of pyridine rings is 1. The van der Waals surface area contributed by atoms with Gasteiger partial charge in [0.15, 0.2) is 5.65 Å². The van der Waals surface area contributed by atoms with Crippen molar-refractivity contribution in [1.29, 1.82) is 0 Å². The maximum Gasteiger partial charge on any atom is 0.453 e. The second kappa shape index (κ2) is 3.20. The van der Waals surface area contributed by atoms with Gasteiger partial charge in [0.25, 0.3) is 5.82 Å². The van der Waals surface area contributed by atoms with Crippen molar-refractivity contribution in [2.75, 3.05) is 0 Å². The Bertz CT molecular complexity index is 488. The van der Waals surface area contributed by atoms with Crippen LogP contribution in [0.15, 0.2) is 18.3 Å². The molecule has 0 bridgehead atoms. The Morgan fingerprint density at radius 3 is 2.73 bits per heavy atom. The minimum atomic E-state index is -4.52. The molecule has 2 aromatic heterocycles. The molecule has 0 unspecified atom stereocenters. The zero-order valence-electron chi connectivity index (χ0n) is 7.49. The predicted molar refractivity (Wildman–Crippen MR) is 45.9 cm³/mol. The zero-order chi connectivity index (χ0) is 11.1. The lowest BCUT2D eigenvalue weighted by Gasteiger charge is -1.96. The molecule has 0 aliphatic rings. The van der Waals surface area contributed by atoms with Crippen LogP contribution in [-0.2, 0) is 12.7 Å². The first-order valence-corrected chi connectivity index (χ1v) is 4.13. The topological polar surface area (TPSA) is 56.2 Å². The van der Waals surface area contributed by atoms with Gasteiger partial charge in [0.1, 0.15) is 0 Å². The zero-order valence-corrected chi connectivity index (χ0v) is 7.49. The van der Waals surface area contributed by atoms with E-state index in [0.717, 1.165) is 4.52 Å². The number of halogens is 3. The summed E-state index contributed by atoms with van der Waals surface area (Å²) < 4.78 is 37.8. The van der Waals surface area contributed by atoms with Gasteiger partial charge in [-0.2, -0.15) is 13.2 Å². The Morgan fingerprint density at radius 1 is 1.40 bits per heavy atom. The molecule has 80 valence electrons. The van der Waals surface area contributed by atoms with Crippen molar-refractivity contribution in [3.05, 3.63) is 29.7 Å². The Labute approximate surface area is 82.5 Å². The molecule has 0 aliphatic heterocycles. The van der Waals surface area contributed by atoms with E-state index in [0.29, 0.717) is 5.56 Å². The molecule has 0 atom stereocenters. The molecule has 0 amide bonds. The molecule has 0 fully saturated rings. The van der Waals surface area contributed by atoms with Crippen LogP contribution in [-0.4, -0.2) is 14.6 Å². The van der Waals surface area contributed by atoms with E-state index >= 15 is 0 Å². The van der Waals surface area contributed by atoms with Gasteiger partial charge in [-0.25, -0.2) is 9.50 Å². The van der Waals surface area contributed by atoms with Crippen LogP contribution >= 0.6 is 0 Å². The largest absolute Gasteiger partial charge is 0.453 e. The molecule has 2 N–H and O–H groups in total. The second-order valence-corrected chi connectivity index (χ2v) is 2.98. The molecule has 15 heavy (non-hydrogen) atoms. The summed E-state index contributed by atoms with van der Waals surface area (Å²) in [5, 5.41) is 3.30. The van der Waals surface area contributed by atoms with Crippen molar-refractivity contribution in [3.63, 3.8) is 0 Å². The lowest BCUT2D eigenvalue weighted by atomic mass is 10.3. The summed E-state index contributed by atoms with van der Waals surface area (Å²) in [4.78, 5) is 3.36. The summed E-state index contributed by atoms with van der Waals surface area (Å²) in [5.41, 5.74) is 6.21. The van der Waals surface area contributed by atoms with Gasteiger partial charge in [0.2, 0.25) is 0 Å². The first-order valence-electron chi connectivity index (χ1n) is 4.13. The minimum Gasteiger partial charge on any atom is -0.326 e. The monoisotopic (exact) mass is 216 g/mol. The Hall–Kier alpha value is -1.63. The molecular weight excluding hydrogens is 209 g/mol. The third-order valence-corrected chi connectivity index (χ3v) is 1.89. The van der Waals surface area contributed by atoms with Crippen molar-refractivity contribution in [1.82, 2.24) is 14.6 Å². The lowest BCUT2D eigenvalue weighted by molar-refractivity contribution is -0.144. The van der Waals surface area contributed by atoms with Gasteiger partial charge in [0, 0.05) is 12.7 Å². The van der Waals surface area contributed by atoms with Gasteiger partial charge in [-0.3, -0.25) is 0 Å². The number of fused-ring (bicyclic) bond motifs is 1. The van der Waals surface area contributed by atoms with Crippen LogP contribution < -0.4 is 5.73 Å². The van der Waals surface area contributed by atoms with Gasteiger partial charge in [0.05, 0.1) is 0 Å². The average molecular weight is 216 g/mol. The Morgan fingerprint density at radius 2 is 2.13 bits per heavy atom. The van der Waals surface area contributed by atoms with Crippen molar-refractivity contribution in [3.8, 4) is 0 Å². The molecule has 2 heterocycles. The van der Waals surface area contributed by atoms with Gasteiger partial charge in [-0.1, -0.05) is 0 Å². The van der Waals surface area contributed by atoms with E-state index in [1.54, 1.807) is 6.07 Å². The summed E-state index contributed by atoms with van der Waals surface area (Å²) in [6.45, 7) is 0.255. The van der Waals surface area contributed by atoms with E-state index in [2.05, 4.69) is 10.1 Å². The molecule has 0 saturated carbocycles. The molecule has 0 aromatic carbocycles. The van der Waals surface area contributed by atoms with Crippen LogP contribution in [0.25, 0.3) is 5.65 Å². The number of alkyl halides is 3. The fourth-order valence-corrected chi connectivity index (χ4v) is 1.17. The minimum absolute atomic E-state index is 0.144. The third-order valence-electron chi connectivity index (χ3n) is 1.89. The highest BCUT2D eigenvalue weighted by Gasteiger charge is 2.36. The molecular formula is C8H7F3N4. The number of hydrogen-bond donors (Lipinski definition) is 1. The third kappa shape index (κ3) is 1.78. The quantitative estimate of drug-likeness (QED) is 0.779. The summed E-state index contributed by atoms with van der Waals surface area (Å²) in [6, 6.07) is 3.07. The molecule has 0 aliphatic carbocycles. The van der Waals surface area contributed by atoms with Gasteiger partial charge >= 0.3 is 6.18 Å². The van der Waals surface area contributed by atoms with E-state index in [4.69, 9.17) is 5.73 Å². The van der Waals surface area contributed by atoms with Crippen LogP contribution in [0.5, 0.6) is 0 Å². The number of rotatable bonds is 1. The summed E-state index contributed by atoms with van der Waals surface area (Å²) in [6.07, 6.45) is -3.12. The average Bonchev–Trinajstić information content (AvgIpc) is 2.59. The Balaban J connectivity index is 2.56. The van der Waals surface area contributed by atoms with E-state index in [9.17, 15) is 13.2 Å². The van der Waals surface area contributed by atoms with Crippen molar-refractivity contribution in [2.24, 2.45) is 5.73 Å². The molecule has 0 saturated heterocycles. The lowest BCUT2D eigenvalue weighted by Crippen LogP contribution is -2.07. The maximum atomic E-state index is 12.2. The van der Waals surface area contributed by atoms with Crippen LogP contribution in [0.1, 0.15) is 11.4 Å². The van der Waals surface area contributed by atoms with Gasteiger partial charge < -0.3 is 5.73 Å². The second-order valence-electron chi connectivity index (χ2n) is 2.98. The predicted octanol–water partition coefficient (Wildman–Crippen LogP) is 1.21. The highest BCUT2D eigenvalue weighted by molar-refractivity contribution is 5.40. The molecule has 0 spiro atoms. The highest BCUT2D eigenvalue weighted by Crippen LogP contribution is 2.26. The molecule has 0 radical (unpaired) electrons. The van der Waals surface area contributed by atoms with E-state index < -0.39 is 12.0 Å². The smallest absolute Gasteiger partial charge is 0.326 e. The van der Waals surface area contributed by atoms with Crippen LogP contribution in [0.3, 0.4) is 0 Å². The molecule has 2 aromatic rings. The highest BCUT2D eigenvalue weighted by atomic mass is 19.4. The van der Waals surface area contributed by atoms with Crippen molar-refractivity contribution < 1.29 is 13.2 Å². The molecule has 7 heteroatoms. The van der Waals surface area contributed by atoms with Crippen LogP contribution in [0.4, 0.5) is 13.2 Å². The number of nitrogens with zero attached hydrogens (tertiary/aromatic N) is 3. The van der Waals surface area contributed by atoms with Gasteiger partial charge in [-0.05, 0) is 17.7 Å². The first kappa shape index (κ1) is 9.91. The van der Waals surface area contributed by atoms with E-state index in [-0.39, 0.29) is 12.2 Å². The molecule has 2 rings (SSSR count). The van der Waals surface area contributed by atoms with Crippen molar-refractivity contribution >= 4 is 5.65 Å². The number of nitrogens with two attached hydrogens (primary N) is 1. The van der Waals surface area contributed by atoms with Crippen LogP contribution in [0.2, 0.25) is 0 Å². The molecule has 4 nitrogen and oxygen atoms in total. The fraction of sp³-hybridized carbons (Fsp3) is 0.250. The van der Waals surface area contributed by atoms with Crippen molar-refractivity contribution in [2.45, 2.75) is 12.7 Å². The van der Waals surface area contributed by atoms with E-state index in [1.165, 1.54) is 12.3 Å². The van der Waals surface area contributed by atoms with Gasteiger partial charge in [-0.15, -0.1) is 5.10 Å². The summed E-state index contributed by atoms with van der Waals surface area (Å²) in [5.74, 6) is -1.14. The Kier molecular flexibility index (Phi) is 2.11. The number of aromatic nitrogens is 3. The summed E-state index contributed by atoms with van der Waals surface area (Å²) >= 11 is 0. The SMILES string of the molecule is NCc1ccn2nc(C(F)(F)F)nc2c1. The maximum absolute atomic E-state index is 12.2. The van der Waals surface area contributed by atoms with Crippen LogP contribution in [0, 0.1) is 0 Å². The normalized spacial score (nSPS) is 12.3. The summed E-state index contributed by atoms with van der Waals surface area (Å²) in [7, 11) is 0. The fourth-order valence-electron chi connectivity index (χ4n) is 1.17. The standard InChI is InChI=1S/C8H7F3N4/c9-8(10,11)7-13-6-3-5(4-12)1-2-15(6)14-7/h1-3H,4,12H2. The van der Waals surface area contributed by atoms with E-state index in [1.807, 2.05) is 0 Å². The first-order chi connectivity index (χ1) is 7.00. The number of hydrogen-bond acceptors (Lipinski definition) is 3.